The minimum Gasteiger partial charge on any atom is -0.358 e. The molecule has 4 nitrogen and oxygen atoms in total. The molecular formula is C38H30ClN3O. The van der Waals surface area contributed by atoms with Crippen molar-refractivity contribution < 1.29 is 4.79 Å². The maximum atomic E-state index is 12.0. The van der Waals surface area contributed by atoms with Crippen molar-refractivity contribution in [2.75, 3.05) is 5.32 Å². The number of carbonyl (C=O) groups is 1. The van der Waals surface area contributed by atoms with Gasteiger partial charge in [-0.15, -0.1) is 0 Å². The maximum Gasteiger partial charge on any atom is 0.221 e. The average molecular weight is 580 g/mol. The number of hydrogen-bond donors (Lipinski definition) is 3. The number of para-hydroxylation sites is 2. The highest BCUT2D eigenvalue weighted by atomic mass is 35.5. The summed E-state index contributed by atoms with van der Waals surface area (Å²) in [6.07, 6.45) is 0.613. The first kappa shape index (κ1) is 26.8. The van der Waals surface area contributed by atoms with E-state index in [2.05, 4.69) is 112 Å². The molecular weight excluding hydrogens is 550 g/mol. The number of fused-ring (bicyclic) bond motifs is 2. The SMILES string of the molecule is CC(=O)Nc1ccccc1Cc1[nH]c2ccccc2c1-c1c(C(c2ccccc2)c2ccccc2)[nH]c2cc(Cl)ccc12. The number of amides is 1. The van der Waals surface area contributed by atoms with E-state index in [1.807, 2.05) is 30.3 Å². The summed E-state index contributed by atoms with van der Waals surface area (Å²) in [7, 11) is 0. The topological polar surface area (TPSA) is 60.7 Å². The quantitative estimate of drug-likeness (QED) is 0.173. The molecule has 2 heterocycles. The highest BCUT2D eigenvalue weighted by Crippen LogP contribution is 2.46. The Morgan fingerprint density at radius 1 is 0.698 bits per heavy atom. The van der Waals surface area contributed by atoms with Gasteiger partial charge in [0.25, 0.3) is 0 Å². The number of nitrogens with one attached hydrogen (secondary N) is 3. The Morgan fingerprint density at radius 3 is 2.05 bits per heavy atom. The molecule has 0 bridgehead atoms. The molecule has 1 amide bonds. The Balaban J connectivity index is 1.53. The summed E-state index contributed by atoms with van der Waals surface area (Å²) in [5.41, 5.74) is 10.8. The fourth-order valence-electron chi connectivity index (χ4n) is 6.29. The summed E-state index contributed by atoms with van der Waals surface area (Å²) >= 11 is 6.55. The second-order valence-corrected chi connectivity index (χ2v) is 11.3. The number of rotatable bonds is 7. The van der Waals surface area contributed by atoms with Crippen LogP contribution in [0.5, 0.6) is 0 Å². The molecule has 7 rings (SSSR count). The Labute approximate surface area is 255 Å². The van der Waals surface area contributed by atoms with Crippen LogP contribution >= 0.6 is 11.6 Å². The van der Waals surface area contributed by atoms with E-state index < -0.39 is 0 Å². The van der Waals surface area contributed by atoms with Crippen LogP contribution in [0.15, 0.2) is 127 Å². The van der Waals surface area contributed by atoms with E-state index in [-0.39, 0.29) is 11.8 Å². The summed E-state index contributed by atoms with van der Waals surface area (Å²) in [4.78, 5) is 19.6. The number of carbonyl (C=O) groups excluding carboxylic acids is 1. The van der Waals surface area contributed by atoms with Crippen molar-refractivity contribution >= 4 is 45.0 Å². The Morgan fingerprint density at radius 2 is 1.33 bits per heavy atom. The van der Waals surface area contributed by atoms with Crippen LogP contribution in [-0.2, 0) is 11.2 Å². The molecule has 0 spiro atoms. The molecule has 43 heavy (non-hydrogen) atoms. The zero-order valence-electron chi connectivity index (χ0n) is 23.7. The van der Waals surface area contributed by atoms with Gasteiger partial charge in [-0.2, -0.15) is 0 Å². The molecule has 0 saturated carbocycles. The van der Waals surface area contributed by atoms with Gasteiger partial charge in [-0.05, 0) is 41.0 Å². The molecule has 0 saturated heterocycles. The van der Waals surface area contributed by atoms with Crippen LogP contribution in [0.2, 0.25) is 5.02 Å². The van der Waals surface area contributed by atoms with Gasteiger partial charge in [0.15, 0.2) is 0 Å². The largest absolute Gasteiger partial charge is 0.358 e. The lowest BCUT2D eigenvalue weighted by Crippen LogP contribution is -2.08. The summed E-state index contributed by atoms with van der Waals surface area (Å²) in [6, 6.07) is 43.8. The van der Waals surface area contributed by atoms with Crippen molar-refractivity contribution in [1.29, 1.82) is 0 Å². The first-order chi connectivity index (χ1) is 21.1. The monoisotopic (exact) mass is 579 g/mol. The number of H-pyrrole nitrogens is 2. The van der Waals surface area contributed by atoms with Crippen LogP contribution < -0.4 is 5.32 Å². The third-order valence-electron chi connectivity index (χ3n) is 8.07. The highest BCUT2D eigenvalue weighted by Gasteiger charge is 2.28. The van der Waals surface area contributed by atoms with Gasteiger partial charge in [-0.25, -0.2) is 0 Å². The van der Waals surface area contributed by atoms with Crippen LogP contribution in [0.1, 0.15) is 40.9 Å². The molecule has 210 valence electrons. The van der Waals surface area contributed by atoms with Crippen LogP contribution in [0.25, 0.3) is 32.9 Å². The Bertz CT molecular complexity index is 2040. The molecule has 2 aromatic heterocycles. The van der Waals surface area contributed by atoms with Gasteiger partial charge in [0.1, 0.15) is 0 Å². The third-order valence-corrected chi connectivity index (χ3v) is 8.31. The second kappa shape index (κ2) is 11.3. The van der Waals surface area contributed by atoms with Gasteiger partial charge in [-0.1, -0.05) is 115 Å². The lowest BCUT2D eigenvalue weighted by atomic mass is 9.84. The van der Waals surface area contributed by atoms with Crippen LogP contribution in [0, 0.1) is 0 Å². The number of aromatic nitrogens is 2. The Kier molecular flexibility index (Phi) is 7.06. The van der Waals surface area contributed by atoms with E-state index in [1.165, 1.54) is 11.1 Å². The van der Waals surface area contributed by atoms with Gasteiger partial charge in [0.2, 0.25) is 5.91 Å². The fraction of sp³-hybridized carbons (Fsp3) is 0.0789. The number of benzene rings is 5. The van der Waals surface area contributed by atoms with E-state index >= 15 is 0 Å². The van der Waals surface area contributed by atoms with Crippen molar-refractivity contribution in [3.05, 3.63) is 160 Å². The minimum atomic E-state index is -0.0892. The molecule has 0 aliphatic carbocycles. The summed E-state index contributed by atoms with van der Waals surface area (Å²) < 4.78 is 0. The summed E-state index contributed by atoms with van der Waals surface area (Å²) in [5, 5.41) is 5.96. The molecule has 0 radical (unpaired) electrons. The molecule has 7 aromatic rings. The molecule has 5 heteroatoms. The fourth-order valence-corrected chi connectivity index (χ4v) is 6.46. The smallest absolute Gasteiger partial charge is 0.221 e. The highest BCUT2D eigenvalue weighted by molar-refractivity contribution is 6.31. The molecule has 0 unspecified atom stereocenters. The zero-order chi connectivity index (χ0) is 29.3. The van der Waals surface area contributed by atoms with Crippen LogP contribution in [-0.4, -0.2) is 15.9 Å². The molecule has 0 aliphatic heterocycles. The van der Waals surface area contributed by atoms with E-state index in [0.717, 1.165) is 55.6 Å². The van der Waals surface area contributed by atoms with Gasteiger partial charge in [0, 0.05) is 74.3 Å². The standard InChI is InChI=1S/C38H30ClN3O/c1-24(43)40-31-18-10-8-16-27(31)22-34-36(29-17-9-11-19-32(29)41-34)37-30-21-20-28(39)23-33(30)42-38(37)35(25-12-4-2-5-13-25)26-14-6-3-7-15-26/h2-21,23,35,41-42H,22H2,1H3,(H,40,43). The van der Waals surface area contributed by atoms with E-state index in [0.29, 0.717) is 11.4 Å². The van der Waals surface area contributed by atoms with E-state index in [1.54, 1.807) is 6.92 Å². The second-order valence-electron chi connectivity index (χ2n) is 10.9. The number of anilines is 1. The van der Waals surface area contributed by atoms with Gasteiger partial charge in [-0.3, -0.25) is 4.79 Å². The first-order valence-electron chi connectivity index (χ1n) is 14.4. The molecule has 3 N–H and O–H groups in total. The van der Waals surface area contributed by atoms with Crippen molar-refractivity contribution in [2.24, 2.45) is 0 Å². The number of aromatic amines is 2. The number of halogens is 1. The predicted octanol–water partition coefficient (Wildman–Crippen LogP) is 9.70. The van der Waals surface area contributed by atoms with Crippen molar-refractivity contribution in [3.8, 4) is 11.1 Å². The van der Waals surface area contributed by atoms with Gasteiger partial charge >= 0.3 is 0 Å². The Hall–Kier alpha value is -5.06. The van der Waals surface area contributed by atoms with Crippen molar-refractivity contribution in [1.82, 2.24) is 9.97 Å². The minimum absolute atomic E-state index is 0.0447. The summed E-state index contributed by atoms with van der Waals surface area (Å²) in [5.74, 6) is -0.134. The molecule has 0 fully saturated rings. The molecule has 0 aliphatic rings. The average Bonchev–Trinajstić information content (AvgIpc) is 3.56. The number of hydrogen-bond acceptors (Lipinski definition) is 1. The van der Waals surface area contributed by atoms with Crippen LogP contribution in [0.3, 0.4) is 0 Å². The first-order valence-corrected chi connectivity index (χ1v) is 14.8. The maximum absolute atomic E-state index is 12.0. The molecule has 0 atom stereocenters. The van der Waals surface area contributed by atoms with E-state index in [9.17, 15) is 4.79 Å². The van der Waals surface area contributed by atoms with Crippen molar-refractivity contribution in [2.45, 2.75) is 19.3 Å². The molecule has 5 aromatic carbocycles. The lowest BCUT2D eigenvalue weighted by Gasteiger charge is -2.20. The lowest BCUT2D eigenvalue weighted by molar-refractivity contribution is -0.114. The van der Waals surface area contributed by atoms with Gasteiger partial charge in [0.05, 0.1) is 0 Å². The van der Waals surface area contributed by atoms with E-state index in [4.69, 9.17) is 11.6 Å². The summed E-state index contributed by atoms with van der Waals surface area (Å²) in [6.45, 7) is 1.54. The predicted molar refractivity (Wildman–Crippen MR) is 178 cm³/mol. The zero-order valence-corrected chi connectivity index (χ0v) is 24.5. The van der Waals surface area contributed by atoms with Crippen LogP contribution in [0.4, 0.5) is 5.69 Å². The normalized spacial score (nSPS) is 11.4. The van der Waals surface area contributed by atoms with Gasteiger partial charge < -0.3 is 15.3 Å². The van der Waals surface area contributed by atoms with Crippen molar-refractivity contribution in [3.63, 3.8) is 0 Å². The third kappa shape index (κ3) is 5.11.